The highest BCUT2D eigenvalue weighted by atomic mass is 16.5. The Hall–Kier alpha value is -2.34. The lowest BCUT2D eigenvalue weighted by atomic mass is 10.1. The Bertz CT molecular complexity index is 779. The largest absolute Gasteiger partial charge is 0.491 e. The first-order valence-electron chi connectivity index (χ1n) is 8.88. The summed E-state index contributed by atoms with van der Waals surface area (Å²) in [5.41, 5.74) is 1.97. The van der Waals surface area contributed by atoms with Gasteiger partial charge in [-0.2, -0.15) is 0 Å². The molecule has 0 aliphatic carbocycles. The van der Waals surface area contributed by atoms with E-state index in [1.807, 2.05) is 54.6 Å². The van der Waals surface area contributed by atoms with Gasteiger partial charge < -0.3 is 24.7 Å². The number of aliphatic hydroxyl groups is 2. The van der Waals surface area contributed by atoms with Crippen molar-refractivity contribution in [3.05, 3.63) is 65.9 Å². The molecule has 2 unspecified atom stereocenters. The minimum absolute atomic E-state index is 0.0102. The number of hydrogen-bond acceptors (Lipinski definition) is 5. The summed E-state index contributed by atoms with van der Waals surface area (Å²) < 4.78 is 11.1. The van der Waals surface area contributed by atoms with Crippen molar-refractivity contribution in [3.63, 3.8) is 0 Å². The number of furan rings is 1. The number of nitrogens with one attached hydrogen (secondary N) is 1. The van der Waals surface area contributed by atoms with E-state index in [9.17, 15) is 5.11 Å². The molecule has 3 N–H and O–H groups in total. The van der Waals surface area contributed by atoms with E-state index in [1.165, 1.54) is 5.56 Å². The zero-order valence-corrected chi connectivity index (χ0v) is 14.9. The van der Waals surface area contributed by atoms with E-state index in [0.29, 0.717) is 18.9 Å². The highest BCUT2D eigenvalue weighted by molar-refractivity contribution is 5.77. The van der Waals surface area contributed by atoms with Crippen LogP contribution < -0.4 is 10.1 Å². The molecule has 138 valence electrons. The summed E-state index contributed by atoms with van der Waals surface area (Å²) in [6, 6.07) is 17.7. The molecule has 0 saturated heterocycles. The van der Waals surface area contributed by atoms with E-state index in [1.54, 1.807) is 0 Å². The van der Waals surface area contributed by atoms with Gasteiger partial charge in [0.15, 0.2) is 0 Å². The Labute approximate surface area is 153 Å². The number of rotatable bonds is 9. The van der Waals surface area contributed by atoms with Gasteiger partial charge in [-0.05, 0) is 43.2 Å². The van der Waals surface area contributed by atoms with Crippen LogP contribution in [0.15, 0.2) is 59.0 Å². The summed E-state index contributed by atoms with van der Waals surface area (Å²) in [5.74, 6) is 1.33. The number of hydrogen-bond donors (Lipinski definition) is 3. The third kappa shape index (κ3) is 4.85. The van der Waals surface area contributed by atoms with Gasteiger partial charge >= 0.3 is 0 Å². The van der Waals surface area contributed by atoms with Crippen molar-refractivity contribution in [1.29, 1.82) is 0 Å². The quantitative estimate of drug-likeness (QED) is 0.550. The minimum Gasteiger partial charge on any atom is -0.491 e. The molecule has 0 aliphatic rings. The third-order valence-electron chi connectivity index (χ3n) is 4.26. The summed E-state index contributed by atoms with van der Waals surface area (Å²) in [6.45, 7) is 2.83. The van der Waals surface area contributed by atoms with Gasteiger partial charge in [0.2, 0.25) is 0 Å². The van der Waals surface area contributed by atoms with Gasteiger partial charge in [0, 0.05) is 18.0 Å². The average Bonchev–Trinajstić information content (AvgIpc) is 3.10. The van der Waals surface area contributed by atoms with Gasteiger partial charge in [0.25, 0.3) is 0 Å². The van der Waals surface area contributed by atoms with E-state index in [4.69, 9.17) is 14.3 Å². The topological polar surface area (TPSA) is 74.9 Å². The predicted molar refractivity (Wildman–Crippen MR) is 101 cm³/mol. The molecule has 3 rings (SSSR count). The molecule has 0 radical (unpaired) electrons. The van der Waals surface area contributed by atoms with E-state index in [2.05, 4.69) is 12.2 Å². The van der Waals surface area contributed by atoms with Crippen molar-refractivity contribution in [1.82, 2.24) is 5.32 Å². The van der Waals surface area contributed by atoms with Crippen LogP contribution in [0.3, 0.4) is 0 Å². The average molecular weight is 355 g/mol. The molecule has 0 saturated carbocycles. The lowest BCUT2D eigenvalue weighted by molar-refractivity contribution is 0.146. The highest BCUT2D eigenvalue weighted by Crippen LogP contribution is 2.23. The van der Waals surface area contributed by atoms with Gasteiger partial charge in [-0.15, -0.1) is 0 Å². The maximum Gasteiger partial charge on any atom is 0.135 e. The second kappa shape index (κ2) is 8.85. The lowest BCUT2D eigenvalue weighted by Gasteiger charge is -2.16. The molecule has 0 amide bonds. The van der Waals surface area contributed by atoms with Crippen LogP contribution in [0.1, 0.15) is 24.4 Å². The molecule has 0 fully saturated rings. The second-order valence-electron chi connectivity index (χ2n) is 6.43. The van der Waals surface area contributed by atoms with Crippen LogP contribution in [-0.2, 0) is 6.42 Å². The number of fused-ring (bicyclic) bond motifs is 1. The summed E-state index contributed by atoms with van der Waals surface area (Å²) in [4.78, 5) is 0. The Kier molecular flexibility index (Phi) is 6.28. The summed E-state index contributed by atoms with van der Waals surface area (Å²) in [6.07, 6.45) is 0.159. The molecule has 0 aliphatic heterocycles. The van der Waals surface area contributed by atoms with Gasteiger partial charge in [0.05, 0.1) is 6.61 Å². The fourth-order valence-electron chi connectivity index (χ4n) is 2.89. The molecule has 1 heterocycles. The fourth-order valence-corrected chi connectivity index (χ4v) is 2.89. The van der Waals surface area contributed by atoms with Crippen molar-refractivity contribution in [3.8, 4) is 5.75 Å². The number of benzene rings is 2. The standard InChI is InChI=1S/C21H25NO4/c1-15(12-16-6-8-18(9-7-16)25-11-10-23)22-14-19(24)21-13-17-4-2-3-5-20(17)26-21/h2-9,13,15,19,22-24H,10-12,14H2,1H3. The molecule has 0 spiro atoms. The second-order valence-corrected chi connectivity index (χ2v) is 6.43. The third-order valence-corrected chi connectivity index (χ3v) is 4.26. The molecule has 2 atom stereocenters. The van der Waals surface area contributed by atoms with Gasteiger partial charge in [-0.25, -0.2) is 0 Å². The van der Waals surface area contributed by atoms with Crippen molar-refractivity contribution in [2.45, 2.75) is 25.5 Å². The summed E-state index contributed by atoms with van der Waals surface area (Å²) in [5, 5.41) is 23.5. The van der Waals surface area contributed by atoms with E-state index in [-0.39, 0.29) is 12.6 Å². The first-order chi connectivity index (χ1) is 12.7. The maximum atomic E-state index is 10.4. The predicted octanol–water partition coefficient (Wildman–Crippen LogP) is 3.06. The fraction of sp³-hybridized carbons (Fsp3) is 0.333. The van der Waals surface area contributed by atoms with Crippen molar-refractivity contribution in [2.75, 3.05) is 19.8 Å². The number of ether oxygens (including phenoxy) is 1. The van der Waals surface area contributed by atoms with E-state index >= 15 is 0 Å². The Balaban J connectivity index is 1.49. The highest BCUT2D eigenvalue weighted by Gasteiger charge is 2.14. The molecule has 5 nitrogen and oxygen atoms in total. The number of para-hydroxylation sites is 1. The summed E-state index contributed by atoms with van der Waals surface area (Å²) >= 11 is 0. The Morgan fingerprint density at radius 1 is 1.12 bits per heavy atom. The van der Waals surface area contributed by atoms with Gasteiger partial charge in [-0.1, -0.05) is 30.3 Å². The molecule has 5 heteroatoms. The van der Waals surface area contributed by atoms with Gasteiger partial charge in [-0.3, -0.25) is 0 Å². The molecule has 1 aromatic heterocycles. The molecular formula is C21H25NO4. The smallest absolute Gasteiger partial charge is 0.135 e. The van der Waals surface area contributed by atoms with E-state index < -0.39 is 6.10 Å². The van der Waals surface area contributed by atoms with Crippen LogP contribution >= 0.6 is 0 Å². The molecule has 0 bridgehead atoms. The molecular weight excluding hydrogens is 330 g/mol. The van der Waals surface area contributed by atoms with Crippen LogP contribution in [0, 0.1) is 0 Å². The molecule has 26 heavy (non-hydrogen) atoms. The van der Waals surface area contributed by atoms with E-state index in [0.717, 1.165) is 23.1 Å². The van der Waals surface area contributed by atoms with Crippen LogP contribution in [0.25, 0.3) is 11.0 Å². The molecule has 3 aromatic rings. The SMILES string of the molecule is CC(Cc1ccc(OCCO)cc1)NCC(O)c1cc2ccccc2o1. The summed E-state index contributed by atoms with van der Waals surface area (Å²) in [7, 11) is 0. The van der Waals surface area contributed by atoms with Gasteiger partial charge in [0.1, 0.15) is 29.8 Å². The zero-order valence-electron chi connectivity index (χ0n) is 14.9. The zero-order chi connectivity index (χ0) is 18.4. The number of aliphatic hydroxyl groups excluding tert-OH is 2. The van der Waals surface area contributed by atoms with Crippen molar-refractivity contribution >= 4 is 11.0 Å². The van der Waals surface area contributed by atoms with Crippen LogP contribution in [-0.4, -0.2) is 36.0 Å². The maximum absolute atomic E-state index is 10.4. The Morgan fingerprint density at radius 3 is 2.62 bits per heavy atom. The lowest BCUT2D eigenvalue weighted by Crippen LogP contribution is -2.31. The monoisotopic (exact) mass is 355 g/mol. The first-order valence-corrected chi connectivity index (χ1v) is 8.88. The van der Waals surface area contributed by atoms with Crippen LogP contribution in [0.2, 0.25) is 0 Å². The van der Waals surface area contributed by atoms with Crippen LogP contribution in [0.5, 0.6) is 5.75 Å². The van der Waals surface area contributed by atoms with Crippen molar-refractivity contribution < 1.29 is 19.4 Å². The van der Waals surface area contributed by atoms with Crippen LogP contribution in [0.4, 0.5) is 0 Å². The van der Waals surface area contributed by atoms with Crippen molar-refractivity contribution in [2.24, 2.45) is 0 Å². The molecule has 2 aromatic carbocycles. The normalized spacial score (nSPS) is 13.7. The minimum atomic E-state index is -0.681. The first kappa shape index (κ1) is 18.5. The Morgan fingerprint density at radius 2 is 1.88 bits per heavy atom.